The highest BCUT2D eigenvalue weighted by molar-refractivity contribution is 6.04. The molecule has 0 fully saturated rings. The molecule has 0 heterocycles. The van der Waals surface area contributed by atoms with E-state index in [-0.39, 0.29) is 11.7 Å². The van der Waals surface area contributed by atoms with E-state index in [1.54, 1.807) is 42.5 Å². The fourth-order valence-corrected chi connectivity index (χ4v) is 1.95. The van der Waals surface area contributed by atoms with Gasteiger partial charge in [0.25, 0.3) is 0 Å². The van der Waals surface area contributed by atoms with E-state index in [9.17, 15) is 4.79 Å². The van der Waals surface area contributed by atoms with Crippen molar-refractivity contribution in [2.45, 2.75) is 5.66 Å². The monoisotopic (exact) mass is 292 g/mol. The van der Waals surface area contributed by atoms with Crippen molar-refractivity contribution in [3.8, 4) is 0 Å². The number of nitrogens with zero attached hydrogens (tertiary/aromatic N) is 6. The number of hydrogen-bond acceptors (Lipinski definition) is 3. The first kappa shape index (κ1) is 15.1. The maximum Gasteiger partial charge on any atom is 0.185 e. The van der Waals surface area contributed by atoms with Gasteiger partial charge in [-0.3, -0.25) is 4.79 Å². The van der Waals surface area contributed by atoms with Crippen molar-refractivity contribution in [3.05, 3.63) is 93.2 Å². The minimum absolute atomic E-state index is 0.0932. The summed E-state index contributed by atoms with van der Waals surface area (Å²) in [6.07, 6.45) is 9.64. The molecular formula is C15H12N6O. The number of hydrogen-bond donors (Lipinski definition) is 0. The highest BCUT2D eigenvalue weighted by Crippen LogP contribution is 2.25. The molecule has 0 bridgehead atoms. The lowest BCUT2D eigenvalue weighted by atomic mass is 9.96. The third kappa shape index (κ3) is 3.64. The van der Waals surface area contributed by atoms with Crippen molar-refractivity contribution < 1.29 is 4.79 Å². The summed E-state index contributed by atoms with van der Waals surface area (Å²) in [5, 5.41) is 6.96. The average molecular weight is 292 g/mol. The van der Waals surface area contributed by atoms with Crippen LogP contribution in [0, 0.1) is 5.92 Å². The first-order chi connectivity index (χ1) is 10.7. The lowest BCUT2D eigenvalue weighted by Gasteiger charge is -2.19. The van der Waals surface area contributed by atoms with Crippen molar-refractivity contribution in [1.82, 2.24) is 0 Å². The van der Waals surface area contributed by atoms with Gasteiger partial charge >= 0.3 is 0 Å². The molecule has 0 unspecified atom stereocenters. The van der Waals surface area contributed by atoms with E-state index in [4.69, 9.17) is 11.1 Å². The smallest absolute Gasteiger partial charge is 0.185 e. The van der Waals surface area contributed by atoms with Crippen LogP contribution in [0.25, 0.3) is 20.9 Å². The third-order valence-electron chi connectivity index (χ3n) is 3.07. The van der Waals surface area contributed by atoms with Gasteiger partial charge in [-0.1, -0.05) is 70.9 Å². The minimum atomic E-state index is -1.35. The maximum atomic E-state index is 12.0. The van der Waals surface area contributed by atoms with Gasteiger partial charge in [0, 0.05) is 21.3 Å². The zero-order chi connectivity index (χ0) is 15.8. The Hall–Kier alpha value is -3.27. The Morgan fingerprint density at radius 3 is 2.23 bits per heavy atom. The molecule has 0 saturated heterocycles. The Morgan fingerprint density at radius 2 is 1.68 bits per heavy atom. The molecule has 108 valence electrons. The van der Waals surface area contributed by atoms with E-state index >= 15 is 0 Å². The summed E-state index contributed by atoms with van der Waals surface area (Å²) < 4.78 is 0. The second-order valence-corrected chi connectivity index (χ2v) is 4.55. The van der Waals surface area contributed by atoms with Crippen LogP contribution in [0.15, 0.2) is 77.0 Å². The standard InChI is InChI=1S/C15H12N6O/c16-20-18-15(19-21-17)10-8-12(9-11-15)6-7-14(22)13-4-2-1-3-5-13/h1-12H/b7-6+. The second-order valence-electron chi connectivity index (χ2n) is 4.55. The quantitative estimate of drug-likeness (QED) is 0.195. The predicted molar refractivity (Wildman–Crippen MR) is 82.7 cm³/mol. The zero-order valence-corrected chi connectivity index (χ0v) is 11.5. The number of azide groups is 1. The summed E-state index contributed by atoms with van der Waals surface area (Å²) >= 11 is 0. The molecule has 0 atom stereocenters. The van der Waals surface area contributed by atoms with Crippen molar-refractivity contribution in [2.24, 2.45) is 16.1 Å². The van der Waals surface area contributed by atoms with E-state index in [1.165, 1.54) is 18.2 Å². The van der Waals surface area contributed by atoms with Crippen LogP contribution < -0.4 is 0 Å². The van der Waals surface area contributed by atoms with Crippen LogP contribution in [0.2, 0.25) is 0 Å². The van der Waals surface area contributed by atoms with Gasteiger partial charge < -0.3 is 0 Å². The highest BCUT2D eigenvalue weighted by Gasteiger charge is 2.23. The molecule has 0 saturated carbocycles. The fourth-order valence-electron chi connectivity index (χ4n) is 1.95. The molecule has 1 aromatic rings. The van der Waals surface area contributed by atoms with Crippen LogP contribution in [0.4, 0.5) is 0 Å². The summed E-state index contributed by atoms with van der Waals surface area (Å²) in [4.78, 5) is 17.3. The van der Waals surface area contributed by atoms with Crippen molar-refractivity contribution >= 4 is 5.78 Å². The van der Waals surface area contributed by atoms with Gasteiger partial charge in [-0.05, 0) is 17.1 Å². The largest absolute Gasteiger partial charge is 0.289 e. The Kier molecular flexibility index (Phi) is 4.78. The predicted octanol–water partition coefficient (Wildman–Crippen LogP) is 4.48. The summed E-state index contributed by atoms with van der Waals surface area (Å²) in [6, 6.07) is 8.93. The van der Waals surface area contributed by atoms with Crippen molar-refractivity contribution in [2.75, 3.05) is 0 Å². The Labute approximate surface area is 126 Å². The van der Waals surface area contributed by atoms with Crippen LogP contribution in [0.5, 0.6) is 0 Å². The van der Waals surface area contributed by atoms with Crippen LogP contribution in [-0.2, 0) is 0 Å². The lowest BCUT2D eigenvalue weighted by molar-refractivity contribution is 0.104. The SMILES string of the molecule is [N-]=[N+]=NC1(N=[N+]=[N-])C=CC(/C=C/C(=O)c2ccccc2)C=C1. The van der Waals surface area contributed by atoms with Gasteiger partial charge in [-0.2, -0.15) is 0 Å². The van der Waals surface area contributed by atoms with Gasteiger partial charge in [0.15, 0.2) is 11.4 Å². The average Bonchev–Trinajstić information content (AvgIpc) is 2.55. The van der Waals surface area contributed by atoms with E-state index in [2.05, 4.69) is 20.1 Å². The summed E-state index contributed by atoms with van der Waals surface area (Å²) in [5.41, 5.74) is 16.3. The molecule has 7 nitrogen and oxygen atoms in total. The number of carbonyl (C=O) groups excluding carboxylic acids is 1. The Morgan fingerprint density at radius 1 is 1.09 bits per heavy atom. The highest BCUT2D eigenvalue weighted by atomic mass is 16.1. The number of benzene rings is 1. The first-order valence-corrected chi connectivity index (χ1v) is 6.48. The van der Waals surface area contributed by atoms with Crippen molar-refractivity contribution in [1.29, 1.82) is 0 Å². The molecule has 0 radical (unpaired) electrons. The molecule has 1 aromatic carbocycles. The van der Waals surface area contributed by atoms with Crippen LogP contribution in [0.1, 0.15) is 10.4 Å². The fraction of sp³-hybridized carbons (Fsp3) is 0.133. The summed E-state index contributed by atoms with van der Waals surface area (Å²) in [5.74, 6) is -0.229. The van der Waals surface area contributed by atoms with Crippen LogP contribution in [-0.4, -0.2) is 11.4 Å². The van der Waals surface area contributed by atoms with E-state index in [1.807, 2.05) is 6.07 Å². The molecule has 22 heavy (non-hydrogen) atoms. The Bertz CT molecular complexity index is 703. The van der Waals surface area contributed by atoms with Crippen LogP contribution in [0.3, 0.4) is 0 Å². The van der Waals surface area contributed by atoms with Gasteiger partial charge in [-0.15, -0.1) is 0 Å². The van der Waals surface area contributed by atoms with E-state index in [0.29, 0.717) is 5.56 Å². The molecule has 0 amide bonds. The topological polar surface area (TPSA) is 115 Å². The molecular weight excluding hydrogens is 280 g/mol. The molecule has 2 rings (SSSR count). The summed E-state index contributed by atoms with van der Waals surface area (Å²) in [6.45, 7) is 0. The molecule has 7 heteroatoms. The molecule has 1 aliphatic rings. The van der Waals surface area contributed by atoms with E-state index < -0.39 is 5.66 Å². The van der Waals surface area contributed by atoms with Gasteiger partial charge in [0.2, 0.25) is 0 Å². The number of rotatable bonds is 5. The number of allylic oxidation sites excluding steroid dienone is 4. The lowest BCUT2D eigenvalue weighted by Crippen LogP contribution is -2.18. The number of ketones is 1. The summed E-state index contributed by atoms with van der Waals surface area (Å²) in [7, 11) is 0. The van der Waals surface area contributed by atoms with Crippen LogP contribution >= 0.6 is 0 Å². The molecule has 0 aliphatic heterocycles. The minimum Gasteiger partial charge on any atom is -0.289 e. The van der Waals surface area contributed by atoms with Gasteiger partial charge in [0.1, 0.15) is 0 Å². The van der Waals surface area contributed by atoms with Gasteiger partial charge in [-0.25, -0.2) is 0 Å². The molecule has 0 N–H and O–H groups in total. The number of carbonyl (C=O) groups is 1. The second kappa shape index (κ2) is 6.95. The normalized spacial score (nSPS) is 22.8. The zero-order valence-electron chi connectivity index (χ0n) is 11.5. The third-order valence-corrected chi connectivity index (χ3v) is 3.07. The molecule has 0 aromatic heterocycles. The molecule has 0 spiro atoms. The van der Waals surface area contributed by atoms with Gasteiger partial charge in [0.05, 0.1) is 0 Å². The first-order valence-electron chi connectivity index (χ1n) is 6.48. The van der Waals surface area contributed by atoms with E-state index in [0.717, 1.165) is 0 Å². The molecule has 1 aliphatic carbocycles. The van der Waals surface area contributed by atoms with Crippen molar-refractivity contribution in [3.63, 3.8) is 0 Å². The Balaban J connectivity index is 2.10. The maximum absolute atomic E-state index is 12.0.